The highest BCUT2D eigenvalue weighted by Crippen LogP contribution is 2.34. The Morgan fingerprint density at radius 1 is 1.12 bits per heavy atom. The molecule has 26 heavy (non-hydrogen) atoms. The summed E-state index contributed by atoms with van der Waals surface area (Å²) in [6.45, 7) is 2.21. The molecule has 1 saturated heterocycles. The molecule has 0 atom stereocenters. The van der Waals surface area contributed by atoms with Gasteiger partial charge in [0.05, 0.1) is 5.02 Å². The first kappa shape index (κ1) is 18.2. The molecule has 0 unspecified atom stereocenters. The van der Waals surface area contributed by atoms with Gasteiger partial charge in [-0.3, -0.25) is 4.79 Å². The predicted molar refractivity (Wildman–Crippen MR) is 112 cm³/mol. The zero-order valence-electron chi connectivity index (χ0n) is 14.5. The van der Waals surface area contributed by atoms with Crippen LogP contribution in [0.1, 0.15) is 35.2 Å². The normalized spacial score (nSPS) is 17.1. The van der Waals surface area contributed by atoms with Gasteiger partial charge < -0.3 is 5.32 Å². The first-order valence-electron chi connectivity index (χ1n) is 8.98. The number of nitrogens with zero attached hydrogens (tertiary/aromatic N) is 1. The number of benzene rings is 2. The third-order valence-corrected chi connectivity index (χ3v) is 7.46. The first-order valence-corrected chi connectivity index (χ1v) is 11.1. The number of anilines is 1. The molecule has 1 N–H and O–H groups in total. The second-order valence-corrected chi connectivity index (χ2v) is 9.28. The lowest BCUT2D eigenvalue weighted by molar-refractivity contribution is 0.102. The van der Waals surface area contributed by atoms with E-state index >= 15 is 0 Å². The standard InChI is InChI=1S/C20H21ClN2OS2/c21-17-13-16(6-8-19(17)26-23-9-1-2-10-23)22-20(24)15-5-7-18-14(12-15)4-3-11-25-18/h5-8,12-13H,1-4,9-11H2,(H,22,24). The van der Waals surface area contributed by atoms with Gasteiger partial charge in [0.2, 0.25) is 0 Å². The molecule has 2 aromatic rings. The molecule has 2 aliphatic rings. The van der Waals surface area contributed by atoms with Crippen LogP contribution >= 0.6 is 35.3 Å². The number of aryl methyl sites for hydroxylation is 1. The van der Waals surface area contributed by atoms with E-state index in [0.717, 1.165) is 30.1 Å². The number of carbonyl (C=O) groups is 1. The first-order chi connectivity index (χ1) is 12.7. The molecule has 0 spiro atoms. The Labute approximate surface area is 168 Å². The van der Waals surface area contributed by atoms with Crippen LogP contribution in [-0.2, 0) is 6.42 Å². The van der Waals surface area contributed by atoms with E-state index in [9.17, 15) is 4.79 Å². The van der Waals surface area contributed by atoms with Gasteiger partial charge in [0.25, 0.3) is 5.91 Å². The van der Waals surface area contributed by atoms with Crippen LogP contribution in [0.4, 0.5) is 5.69 Å². The van der Waals surface area contributed by atoms with E-state index in [0.29, 0.717) is 10.6 Å². The van der Waals surface area contributed by atoms with Crippen molar-refractivity contribution in [2.75, 3.05) is 24.2 Å². The zero-order valence-corrected chi connectivity index (χ0v) is 16.9. The van der Waals surface area contributed by atoms with Gasteiger partial charge in [0.1, 0.15) is 0 Å². The smallest absolute Gasteiger partial charge is 0.255 e. The minimum absolute atomic E-state index is 0.0839. The average Bonchev–Trinajstić information content (AvgIpc) is 3.17. The minimum atomic E-state index is -0.0839. The number of hydrogen-bond acceptors (Lipinski definition) is 4. The molecule has 2 aliphatic heterocycles. The fourth-order valence-electron chi connectivity index (χ4n) is 3.28. The van der Waals surface area contributed by atoms with Crippen molar-refractivity contribution in [1.29, 1.82) is 0 Å². The van der Waals surface area contributed by atoms with Gasteiger partial charge in [-0.1, -0.05) is 11.6 Å². The quantitative estimate of drug-likeness (QED) is 0.659. The summed E-state index contributed by atoms with van der Waals surface area (Å²) in [5.74, 6) is 1.08. The van der Waals surface area contributed by atoms with Gasteiger partial charge in [-0.25, -0.2) is 4.31 Å². The topological polar surface area (TPSA) is 32.3 Å². The molecule has 2 aromatic carbocycles. The Balaban J connectivity index is 1.44. The van der Waals surface area contributed by atoms with Crippen molar-refractivity contribution in [3.8, 4) is 0 Å². The number of nitrogens with one attached hydrogen (secondary N) is 1. The van der Waals surface area contributed by atoms with E-state index in [4.69, 9.17) is 11.6 Å². The minimum Gasteiger partial charge on any atom is -0.322 e. The molecule has 0 aromatic heterocycles. The molecule has 1 fully saturated rings. The fraction of sp³-hybridized carbons (Fsp3) is 0.350. The second-order valence-electron chi connectivity index (χ2n) is 6.60. The number of halogens is 1. The largest absolute Gasteiger partial charge is 0.322 e. The maximum absolute atomic E-state index is 12.6. The number of hydrogen-bond donors (Lipinski definition) is 1. The van der Waals surface area contributed by atoms with E-state index in [1.54, 1.807) is 11.9 Å². The number of fused-ring (bicyclic) bond motifs is 1. The summed E-state index contributed by atoms with van der Waals surface area (Å²) in [5, 5.41) is 3.66. The highest BCUT2D eigenvalue weighted by Gasteiger charge is 2.16. The molecule has 0 radical (unpaired) electrons. The van der Waals surface area contributed by atoms with Crippen molar-refractivity contribution in [2.45, 2.75) is 35.5 Å². The van der Waals surface area contributed by atoms with Gasteiger partial charge in [-0.2, -0.15) is 0 Å². The summed E-state index contributed by atoms with van der Waals surface area (Å²) < 4.78 is 2.34. The van der Waals surface area contributed by atoms with Crippen LogP contribution in [0.2, 0.25) is 5.02 Å². The maximum atomic E-state index is 12.6. The van der Waals surface area contributed by atoms with Crippen molar-refractivity contribution < 1.29 is 4.79 Å². The molecule has 0 aliphatic carbocycles. The lowest BCUT2D eigenvalue weighted by Gasteiger charge is -2.16. The highest BCUT2D eigenvalue weighted by atomic mass is 35.5. The van der Waals surface area contributed by atoms with Crippen LogP contribution in [0, 0.1) is 0 Å². The third kappa shape index (κ3) is 4.22. The summed E-state index contributed by atoms with van der Waals surface area (Å²) in [4.78, 5) is 14.9. The van der Waals surface area contributed by atoms with E-state index in [-0.39, 0.29) is 5.91 Å². The molecule has 136 valence electrons. The van der Waals surface area contributed by atoms with Gasteiger partial charge in [0.15, 0.2) is 0 Å². The van der Waals surface area contributed by atoms with Crippen LogP contribution in [0.25, 0.3) is 0 Å². The Morgan fingerprint density at radius 3 is 2.77 bits per heavy atom. The molecule has 4 rings (SSSR count). The van der Waals surface area contributed by atoms with E-state index in [1.807, 2.05) is 42.1 Å². The molecular weight excluding hydrogens is 384 g/mol. The van der Waals surface area contributed by atoms with Crippen molar-refractivity contribution in [1.82, 2.24) is 4.31 Å². The van der Waals surface area contributed by atoms with Gasteiger partial charge in [-0.15, -0.1) is 11.8 Å². The summed E-state index contributed by atoms with van der Waals surface area (Å²) in [5.41, 5.74) is 2.72. The van der Waals surface area contributed by atoms with Crippen molar-refractivity contribution >= 4 is 46.9 Å². The van der Waals surface area contributed by atoms with Gasteiger partial charge >= 0.3 is 0 Å². The Hall–Kier alpha value is -1.14. The summed E-state index contributed by atoms with van der Waals surface area (Å²) >= 11 is 10.0. The SMILES string of the molecule is O=C(Nc1ccc(SN2CCCC2)c(Cl)c1)c1ccc2c(c1)CCCS2. The lowest BCUT2D eigenvalue weighted by atomic mass is 10.1. The molecule has 3 nitrogen and oxygen atoms in total. The third-order valence-electron chi connectivity index (χ3n) is 4.65. The molecule has 2 heterocycles. The molecule has 0 bridgehead atoms. The number of rotatable bonds is 4. The highest BCUT2D eigenvalue weighted by molar-refractivity contribution is 7.99. The second kappa shape index (κ2) is 8.26. The van der Waals surface area contributed by atoms with Gasteiger partial charge in [-0.05, 0) is 85.3 Å². The average molecular weight is 405 g/mol. The molecule has 1 amide bonds. The molecule has 0 saturated carbocycles. The van der Waals surface area contributed by atoms with Crippen LogP contribution in [0.15, 0.2) is 46.2 Å². The fourth-order valence-corrected chi connectivity index (χ4v) is 5.57. The van der Waals surface area contributed by atoms with E-state index in [1.165, 1.54) is 35.5 Å². The van der Waals surface area contributed by atoms with Crippen LogP contribution in [-0.4, -0.2) is 29.1 Å². The maximum Gasteiger partial charge on any atom is 0.255 e. The Kier molecular flexibility index (Phi) is 5.79. The van der Waals surface area contributed by atoms with E-state index in [2.05, 4.69) is 15.7 Å². The monoisotopic (exact) mass is 404 g/mol. The lowest BCUT2D eigenvalue weighted by Crippen LogP contribution is -2.13. The zero-order chi connectivity index (χ0) is 17.9. The number of thioether (sulfide) groups is 1. The summed E-state index contributed by atoms with van der Waals surface area (Å²) in [7, 11) is 0. The summed E-state index contributed by atoms with van der Waals surface area (Å²) in [6.07, 6.45) is 4.72. The van der Waals surface area contributed by atoms with Crippen LogP contribution in [0.3, 0.4) is 0 Å². The van der Waals surface area contributed by atoms with Gasteiger partial charge in [0, 0.05) is 34.1 Å². The van der Waals surface area contributed by atoms with E-state index < -0.39 is 0 Å². The van der Waals surface area contributed by atoms with Crippen molar-refractivity contribution in [3.05, 3.63) is 52.5 Å². The molecular formula is C20H21ClN2OS2. The number of carbonyl (C=O) groups excluding carboxylic acids is 1. The predicted octanol–water partition coefficient (Wildman–Crippen LogP) is 5.73. The Morgan fingerprint density at radius 2 is 1.96 bits per heavy atom. The van der Waals surface area contributed by atoms with Crippen LogP contribution in [0.5, 0.6) is 0 Å². The summed E-state index contributed by atoms with van der Waals surface area (Å²) in [6, 6.07) is 11.8. The van der Waals surface area contributed by atoms with Crippen LogP contribution < -0.4 is 5.32 Å². The molecule has 6 heteroatoms. The van der Waals surface area contributed by atoms with Crippen molar-refractivity contribution in [3.63, 3.8) is 0 Å². The Bertz CT molecular complexity index is 821. The van der Waals surface area contributed by atoms with Crippen molar-refractivity contribution in [2.24, 2.45) is 0 Å². The number of amides is 1.